The van der Waals surface area contributed by atoms with Crippen molar-refractivity contribution in [3.63, 3.8) is 0 Å². The maximum Gasteiger partial charge on any atom is 0.243 e. The minimum atomic E-state index is 1.20. The molecule has 0 fully saturated rings. The Labute approximate surface area is 215 Å². The van der Waals surface area contributed by atoms with Crippen molar-refractivity contribution in [1.29, 1.82) is 0 Å². The van der Waals surface area contributed by atoms with E-state index in [2.05, 4.69) is 41.7 Å². The molecule has 0 aliphatic carbocycles. The fourth-order valence-electron chi connectivity index (χ4n) is 5.15. The second-order valence-corrected chi connectivity index (χ2v) is 11.0. The molecule has 2 nitrogen and oxygen atoms in total. The van der Waals surface area contributed by atoms with E-state index < -0.39 is 0 Å². The molecule has 200 valence electrons. The van der Waals surface area contributed by atoms with E-state index in [4.69, 9.17) is 0 Å². The van der Waals surface area contributed by atoms with Crippen LogP contribution < -0.4 is 4.57 Å². The Morgan fingerprint density at radius 3 is 1.21 bits per heavy atom. The number of nitrogens with zero attached hydrogens (tertiary/aromatic N) is 2. The highest BCUT2D eigenvalue weighted by Crippen LogP contribution is 2.14. The van der Waals surface area contributed by atoms with Gasteiger partial charge in [-0.15, -0.1) is 0 Å². The minimum absolute atomic E-state index is 1.20. The summed E-state index contributed by atoms with van der Waals surface area (Å²) in [6.07, 6.45) is 42.7. The van der Waals surface area contributed by atoms with Crippen molar-refractivity contribution in [2.24, 2.45) is 0 Å². The van der Waals surface area contributed by atoms with Gasteiger partial charge in [0.05, 0.1) is 13.1 Å². The van der Waals surface area contributed by atoms with Crippen molar-refractivity contribution < 1.29 is 4.57 Å². The molecule has 1 aromatic rings. The van der Waals surface area contributed by atoms with Gasteiger partial charge in [-0.05, 0) is 25.7 Å². The fourth-order valence-corrected chi connectivity index (χ4v) is 5.15. The monoisotopic (exact) mass is 475 g/mol. The fraction of sp³-hybridized carbons (Fsp3) is 0.906. The van der Waals surface area contributed by atoms with Gasteiger partial charge in [-0.3, -0.25) is 0 Å². The molecule has 0 aliphatic heterocycles. The molecular weight excluding hydrogens is 412 g/mol. The number of unbranched alkanes of at least 4 members (excludes halogenated alkanes) is 23. The first-order valence-electron chi connectivity index (χ1n) is 15.9. The summed E-state index contributed by atoms with van der Waals surface area (Å²) in [5, 5.41) is 0. The first kappa shape index (κ1) is 31.2. The van der Waals surface area contributed by atoms with Crippen molar-refractivity contribution >= 4 is 0 Å². The third-order valence-corrected chi connectivity index (χ3v) is 7.54. The summed E-state index contributed by atoms with van der Waals surface area (Å²) < 4.78 is 4.79. The van der Waals surface area contributed by atoms with E-state index >= 15 is 0 Å². The van der Waals surface area contributed by atoms with Crippen molar-refractivity contribution in [3.05, 3.63) is 18.7 Å². The van der Waals surface area contributed by atoms with Crippen LogP contribution in [-0.2, 0) is 13.1 Å². The molecule has 34 heavy (non-hydrogen) atoms. The molecule has 1 aromatic heterocycles. The second-order valence-electron chi connectivity index (χ2n) is 11.0. The number of imidazole rings is 1. The Morgan fingerprint density at radius 1 is 0.441 bits per heavy atom. The Kier molecular flexibility index (Phi) is 23.3. The molecule has 0 unspecified atom stereocenters. The van der Waals surface area contributed by atoms with Crippen molar-refractivity contribution in [2.75, 3.05) is 0 Å². The Bertz CT molecular complexity index is 507. The largest absolute Gasteiger partial charge is 0.243 e. The van der Waals surface area contributed by atoms with Crippen molar-refractivity contribution in [2.45, 2.75) is 187 Å². The number of rotatable bonds is 27. The van der Waals surface area contributed by atoms with Gasteiger partial charge in [0.15, 0.2) is 0 Å². The van der Waals surface area contributed by atoms with Gasteiger partial charge in [-0.1, -0.05) is 149 Å². The third-order valence-electron chi connectivity index (χ3n) is 7.54. The van der Waals surface area contributed by atoms with Gasteiger partial charge < -0.3 is 0 Å². The first-order valence-corrected chi connectivity index (χ1v) is 15.9. The molecule has 1 rings (SSSR count). The van der Waals surface area contributed by atoms with Crippen LogP contribution in [-0.4, -0.2) is 4.57 Å². The molecule has 0 atom stereocenters. The second kappa shape index (κ2) is 25.3. The average molecular weight is 476 g/mol. The lowest BCUT2D eigenvalue weighted by Crippen LogP contribution is -2.30. The molecule has 0 aromatic carbocycles. The number of aryl methyl sites for hydroxylation is 2. The summed E-state index contributed by atoms with van der Waals surface area (Å²) in [7, 11) is 0. The Hall–Kier alpha value is -0.790. The SMILES string of the molecule is CCCCCCCCCCCCCCCCCCC[n+]1ccn(CCCCCCCCCC)c1. The smallest absolute Gasteiger partial charge is 0.237 e. The zero-order valence-electron chi connectivity index (χ0n) is 23.7. The van der Waals surface area contributed by atoms with E-state index in [1.165, 1.54) is 174 Å². The molecule has 1 heterocycles. The van der Waals surface area contributed by atoms with Gasteiger partial charge in [0.1, 0.15) is 12.4 Å². The molecule has 0 aliphatic rings. The predicted octanol–water partition coefficient (Wildman–Crippen LogP) is 10.6. The predicted molar refractivity (Wildman–Crippen MR) is 151 cm³/mol. The lowest BCUT2D eigenvalue weighted by atomic mass is 10.0. The molecule has 0 bridgehead atoms. The van der Waals surface area contributed by atoms with E-state index in [0.717, 1.165) is 0 Å². The van der Waals surface area contributed by atoms with Crippen molar-refractivity contribution in [1.82, 2.24) is 4.57 Å². The van der Waals surface area contributed by atoms with E-state index in [1.807, 2.05) is 0 Å². The maximum absolute atomic E-state index is 2.40. The van der Waals surface area contributed by atoms with Gasteiger partial charge in [-0.2, -0.15) is 0 Å². The number of aromatic nitrogens is 2. The van der Waals surface area contributed by atoms with E-state index in [-0.39, 0.29) is 0 Å². The van der Waals surface area contributed by atoms with E-state index in [1.54, 1.807) is 0 Å². The van der Waals surface area contributed by atoms with Gasteiger partial charge in [-0.25, -0.2) is 9.13 Å². The molecule has 0 spiro atoms. The Balaban J connectivity index is 1.80. The summed E-state index contributed by atoms with van der Waals surface area (Å²) >= 11 is 0. The minimum Gasteiger partial charge on any atom is -0.237 e. The van der Waals surface area contributed by atoms with Crippen LogP contribution >= 0.6 is 0 Å². The zero-order valence-corrected chi connectivity index (χ0v) is 23.7. The van der Waals surface area contributed by atoms with Gasteiger partial charge in [0, 0.05) is 0 Å². The lowest BCUT2D eigenvalue weighted by Gasteiger charge is -2.03. The first-order chi connectivity index (χ1) is 16.9. The standard InChI is InChI=1S/C32H63N2/c1-3-5-7-9-11-13-14-15-16-17-18-19-20-21-23-25-27-29-34-31-30-33(32-34)28-26-24-22-12-10-8-6-4-2/h30-32H,3-29H2,1-2H3/q+1. The van der Waals surface area contributed by atoms with Crippen LogP contribution in [0.2, 0.25) is 0 Å². The van der Waals surface area contributed by atoms with Crippen LogP contribution in [0.4, 0.5) is 0 Å². The number of hydrogen-bond donors (Lipinski definition) is 0. The summed E-state index contributed by atoms with van der Waals surface area (Å²) in [5.41, 5.74) is 0. The van der Waals surface area contributed by atoms with Crippen LogP contribution in [0, 0.1) is 0 Å². The van der Waals surface area contributed by atoms with Gasteiger partial charge in [0.2, 0.25) is 6.33 Å². The van der Waals surface area contributed by atoms with Crippen LogP contribution in [0.3, 0.4) is 0 Å². The highest BCUT2D eigenvalue weighted by molar-refractivity contribution is 4.66. The van der Waals surface area contributed by atoms with Crippen LogP contribution in [0.5, 0.6) is 0 Å². The molecular formula is C32H63N2+. The van der Waals surface area contributed by atoms with Crippen molar-refractivity contribution in [3.8, 4) is 0 Å². The number of hydrogen-bond acceptors (Lipinski definition) is 0. The normalized spacial score (nSPS) is 11.5. The third kappa shape index (κ3) is 20.6. The quantitative estimate of drug-likeness (QED) is 0.0883. The maximum atomic E-state index is 2.40. The highest BCUT2D eigenvalue weighted by Gasteiger charge is 2.03. The summed E-state index contributed by atoms with van der Waals surface area (Å²) in [5.74, 6) is 0. The molecule has 2 heteroatoms. The van der Waals surface area contributed by atoms with E-state index in [0.29, 0.717) is 0 Å². The average Bonchev–Trinajstić information content (AvgIpc) is 3.30. The summed E-state index contributed by atoms with van der Waals surface area (Å²) in [4.78, 5) is 0. The summed E-state index contributed by atoms with van der Waals surface area (Å²) in [6.45, 7) is 6.99. The molecule has 0 radical (unpaired) electrons. The lowest BCUT2D eigenvalue weighted by molar-refractivity contribution is -0.696. The molecule has 0 saturated carbocycles. The van der Waals surface area contributed by atoms with Crippen LogP contribution in [0.25, 0.3) is 0 Å². The molecule has 0 N–H and O–H groups in total. The topological polar surface area (TPSA) is 8.81 Å². The summed E-state index contributed by atoms with van der Waals surface area (Å²) in [6, 6.07) is 0. The van der Waals surface area contributed by atoms with Gasteiger partial charge in [0.25, 0.3) is 0 Å². The molecule has 0 saturated heterocycles. The van der Waals surface area contributed by atoms with E-state index in [9.17, 15) is 0 Å². The van der Waals surface area contributed by atoms with Gasteiger partial charge >= 0.3 is 0 Å². The zero-order chi connectivity index (χ0) is 24.4. The van der Waals surface area contributed by atoms with Crippen LogP contribution in [0.1, 0.15) is 174 Å². The van der Waals surface area contributed by atoms with Crippen LogP contribution in [0.15, 0.2) is 18.7 Å². The highest BCUT2D eigenvalue weighted by atomic mass is 15.1. The Morgan fingerprint density at radius 2 is 0.794 bits per heavy atom. The molecule has 0 amide bonds.